The predicted molar refractivity (Wildman–Crippen MR) is 81.9 cm³/mol. The van der Waals surface area contributed by atoms with Crippen LogP contribution in [-0.2, 0) is 9.47 Å². The number of aliphatic hydroxyl groups is 3. The van der Waals surface area contributed by atoms with Crippen LogP contribution in [0.15, 0.2) is 18.2 Å². The van der Waals surface area contributed by atoms with Crippen molar-refractivity contribution in [2.24, 2.45) is 0 Å². The first-order chi connectivity index (χ1) is 11.8. The van der Waals surface area contributed by atoms with Crippen LogP contribution in [0.25, 0.3) is 0 Å². The van der Waals surface area contributed by atoms with E-state index in [4.69, 9.17) is 14.6 Å². The van der Waals surface area contributed by atoms with Crippen LogP contribution in [0.1, 0.15) is 0 Å². The van der Waals surface area contributed by atoms with Gasteiger partial charge in [-0.15, -0.1) is 0 Å². The molecule has 1 saturated heterocycles. The van der Waals surface area contributed by atoms with E-state index in [1.165, 1.54) is 7.11 Å². The summed E-state index contributed by atoms with van der Waals surface area (Å²) in [6.07, 6.45) is -5.17. The van der Waals surface area contributed by atoms with E-state index in [9.17, 15) is 30.4 Å². The molecule has 25 heavy (non-hydrogen) atoms. The minimum absolute atomic E-state index is 0.125. The van der Waals surface area contributed by atoms with E-state index in [1.54, 1.807) is 0 Å². The maximum Gasteiger partial charge on any atom is 0.299 e. The van der Waals surface area contributed by atoms with Crippen molar-refractivity contribution < 1.29 is 34.6 Å². The molecule has 4 N–H and O–H groups in total. The van der Waals surface area contributed by atoms with Crippen molar-refractivity contribution in [1.29, 1.82) is 0 Å². The van der Waals surface area contributed by atoms with Gasteiger partial charge in [0.2, 0.25) is 0 Å². The summed E-state index contributed by atoms with van der Waals surface area (Å²) in [6.45, 7) is -0.567. The molecule has 1 aromatic rings. The Balaban J connectivity index is 2.33. The highest BCUT2D eigenvalue weighted by molar-refractivity contribution is 5.65. The van der Waals surface area contributed by atoms with Crippen molar-refractivity contribution in [3.63, 3.8) is 0 Å². The highest BCUT2D eigenvalue weighted by Gasteiger charge is 2.45. The number of benzene rings is 1. The summed E-state index contributed by atoms with van der Waals surface area (Å²) in [5, 5.41) is 53.8. The van der Waals surface area contributed by atoms with E-state index in [1.807, 2.05) is 0 Å². The van der Waals surface area contributed by atoms with Gasteiger partial charge in [-0.05, 0) is 6.07 Å². The zero-order valence-electron chi connectivity index (χ0n) is 13.0. The first-order valence-corrected chi connectivity index (χ1v) is 7.14. The van der Waals surface area contributed by atoms with Gasteiger partial charge in [-0.2, -0.15) is 0 Å². The average Bonchev–Trinajstić information content (AvgIpc) is 2.59. The van der Waals surface area contributed by atoms with Crippen molar-refractivity contribution >= 4 is 17.1 Å². The summed E-state index contributed by atoms with van der Waals surface area (Å²) in [5.74, 6) is 0. The second-order valence-electron chi connectivity index (χ2n) is 5.33. The van der Waals surface area contributed by atoms with E-state index in [-0.39, 0.29) is 5.69 Å². The van der Waals surface area contributed by atoms with Gasteiger partial charge in [-0.3, -0.25) is 20.2 Å². The molecule has 0 amide bonds. The number of nitrogens with zero attached hydrogens (tertiary/aromatic N) is 2. The molecule has 2 rings (SSSR count). The maximum absolute atomic E-state index is 11.2. The van der Waals surface area contributed by atoms with Gasteiger partial charge in [0.15, 0.2) is 6.29 Å². The highest BCUT2D eigenvalue weighted by Crippen LogP contribution is 2.32. The standard InChI is InChI=1S/C13H17N3O9/c1-24-13-10(12(19)11(18)9(5-17)25-13)14-7-3-2-6(15(20)21)4-8(7)16(22)23/h2-4,9-14,17-19H,5H2,1H3/t9-,10-,11-,12-,13+/m1/s1. The number of non-ortho nitro benzene ring substituents is 1. The molecule has 12 nitrogen and oxygen atoms in total. The van der Waals surface area contributed by atoms with E-state index in [0.29, 0.717) is 0 Å². The van der Waals surface area contributed by atoms with Crippen molar-refractivity contribution in [3.8, 4) is 0 Å². The van der Waals surface area contributed by atoms with Crippen molar-refractivity contribution in [2.45, 2.75) is 30.6 Å². The van der Waals surface area contributed by atoms with Crippen LogP contribution in [0, 0.1) is 20.2 Å². The Kier molecular flexibility index (Phi) is 5.81. The molecule has 0 radical (unpaired) electrons. The molecular weight excluding hydrogens is 342 g/mol. The van der Waals surface area contributed by atoms with Crippen molar-refractivity contribution in [1.82, 2.24) is 0 Å². The van der Waals surface area contributed by atoms with E-state index in [2.05, 4.69) is 5.32 Å². The molecule has 0 bridgehead atoms. The zero-order valence-corrected chi connectivity index (χ0v) is 13.0. The number of methoxy groups -OCH3 is 1. The molecule has 5 atom stereocenters. The lowest BCUT2D eigenvalue weighted by Crippen LogP contribution is -2.61. The molecule has 0 unspecified atom stereocenters. The molecular formula is C13H17N3O9. The Morgan fingerprint density at radius 1 is 1.24 bits per heavy atom. The number of aliphatic hydroxyl groups excluding tert-OH is 3. The highest BCUT2D eigenvalue weighted by atomic mass is 16.7. The van der Waals surface area contributed by atoms with Gasteiger partial charge in [0, 0.05) is 13.2 Å². The summed E-state index contributed by atoms with van der Waals surface area (Å²) >= 11 is 0. The van der Waals surface area contributed by atoms with Crippen LogP contribution in [0.2, 0.25) is 0 Å². The quantitative estimate of drug-likeness (QED) is 0.377. The molecule has 12 heteroatoms. The fraction of sp³-hybridized carbons (Fsp3) is 0.538. The number of nitro benzene ring substituents is 2. The molecule has 0 spiro atoms. The fourth-order valence-electron chi connectivity index (χ4n) is 2.52. The van der Waals surface area contributed by atoms with Gasteiger partial charge in [-0.25, -0.2) is 0 Å². The predicted octanol–water partition coefficient (Wildman–Crippen LogP) is -0.631. The summed E-state index contributed by atoms with van der Waals surface area (Å²) in [5.41, 5.74) is -1.18. The van der Waals surface area contributed by atoms with E-state index in [0.717, 1.165) is 18.2 Å². The topological polar surface area (TPSA) is 177 Å². The molecule has 1 aromatic carbocycles. The number of hydrogen-bond acceptors (Lipinski definition) is 10. The lowest BCUT2D eigenvalue weighted by atomic mass is 9.96. The number of rotatable bonds is 6. The van der Waals surface area contributed by atoms with Gasteiger partial charge in [0.25, 0.3) is 11.4 Å². The molecule has 138 valence electrons. The summed E-state index contributed by atoms with van der Waals surface area (Å²) in [6, 6.07) is 1.82. The van der Waals surface area contributed by atoms with Gasteiger partial charge in [0.05, 0.1) is 22.5 Å². The smallest absolute Gasteiger partial charge is 0.299 e. The minimum Gasteiger partial charge on any atom is -0.394 e. The molecule has 1 heterocycles. The monoisotopic (exact) mass is 359 g/mol. The molecule has 0 aliphatic carbocycles. The van der Waals surface area contributed by atoms with Gasteiger partial charge in [-0.1, -0.05) is 0 Å². The maximum atomic E-state index is 11.2. The Hall–Kier alpha value is -2.38. The molecule has 0 saturated carbocycles. The first kappa shape index (κ1) is 19.0. The van der Waals surface area contributed by atoms with Crippen LogP contribution in [0.3, 0.4) is 0 Å². The van der Waals surface area contributed by atoms with Crippen molar-refractivity contribution in [3.05, 3.63) is 38.4 Å². The Morgan fingerprint density at radius 2 is 1.92 bits per heavy atom. The third-order valence-corrected chi connectivity index (χ3v) is 3.82. The van der Waals surface area contributed by atoms with Crippen LogP contribution < -0.4 is 5.32 Å². The van der Waals surface area contributed by atoms with Gasteiger partial charge < -0.3 is 30.1 Å². The first-order valence-electron chi connectivity index (χ1n) is 7.14. The molecule has 1 aliphatic rings. The number of hydrogen-bond donors (Lipinski definition) is 4. The Bertz CT molecular complexity index is 654. The van der Waals surface area contributed by atoms with Gasteiger partial charge >= 0.3 is 0 Å². The van der Waals surface area contributed by atoms with Crippen LogP contribution in [0.5, 0.6) is 0 Å². The molecule has 0 aromatic heterocycles. The fourth-order valence-corrected chi connectivity index (χ4v) is 2.52. The lowest BCUT2D eigenvalue weighted by molar-refractivity contribution is -0.393. The third-order valence-electron chi connectivity index (χ3n) is 3.82. The van der Waals surface area contributed by atoms with Crippen LogP contribution in [0.4, 0.5) is 17.1 Å². The third kappa shape index (κ3) is 3.83. The van der Waals surface area contributed by atoms with Crippen LogP contribution in [-0.4, -0.2) is 69.5 Å². The SMILES string of the molecule is CO[C@H]1O[C@H](CO)[C@@H](O)[C@H](O)[C@H]1Nc1ccc([N+](=O)[O-])cc1[N+](=O)[O-]. The number of nitro groups is 2. The normalized spacial score (nSPS) is 29.2. The van der Waals surface area contributed by atoms with Gasteiger partial charge in [0.1, 0.15) is 30.0 Å². The molecule has 1 fully saturated rings. The lowest BCUT2D eigenvalue weighted by Gasteiger charge is -2.42. The molecule has 1 aliphatic heterocycles. The summed E-state index contributed by atoms with van der Waals surface area (Å²) in [7, 11) is 1.25. The minimum atomic E-state index is -1.48. The second-order valence-corrected chi connectivity index (χ2v) is 5.33. The van der Waals surface area contributed by atoms with E-state index < -0.39 is 58.5 Å². The van der Waals surface area contributed by atoms with E-state index >= 15 is 0 Å². The Morgan fingerprint density at radius 3 is 2.44 bits per heavy atom. The summed E-state index contributed by atoms with van der Waals surface area (Å²) in [4.78, 5) is 20.3. The summed E-state index contributed by atoms with van der Waals surface area (Å²) < 4.78 is 10.3. The zero-order chi connectivity index (χ0) is 18.7. The second kappa shape index (κ2) is 7.67. The average molecular weight is 359 g/mol. The number of anilines is 1. The Labute approximate surface area is 140 Å². The number of nitrogens with one attached hydrogen (secondary N) is 1. The largest absolute Gasteiger partial charge is 0.394 e. The van der Waals surface area contributed by atoms with Crippen LogP contribution >= 0.6 is 0 Å². The number of ether oxygens (including phenoxy) is 2. The van der Waals surface area contributed by atoms with Crippen molar-refractivity contribution in [2.75, 3.05) is 19.0 Å².